The monoisotopic (exact) mass is 239 g/mol. The van der Waals surface area contributed by atoms with Gasteiger partial charge < -0.3 is 10.2 Å². The Bertz CT molecular complexity index is 664. The summed E-state index contributed by atoms with van der Waals surface area (Å²) >= 11 is 0. The number of hydrogen-bond acceptors (Lipinski definition) is 4. The van der Waals surface area contributed by atoms with E-state index in [-0.39, 0.29) is 11.1 Å². The Kier molecular flexibility index (Phi) is 2.25. The quantitative estimate of drug-likeness (QED) is 0.688. The molecule has 4 N–H and O–H groups in total. The molecule has 0 aliphatic carbocycles. The van der Waals surface area contributed by atoms with Crippen LogP contribution in [0.1, 0.15) is 0 Å². The topological polar surface area (TPSA) is 101 Å². The summed E-state index contributed by atoms with van der Waals surface area (Å²) in [6.45, 7) is 0. The number of benzene rings is 2. The van der Waals surface area contributed by atoms with Crippen LogP contribution in [0.25, 0.3) is 10.8 Å². The molecule has 0 heterocycles. The van der Waals surface area contributed by atoms with Crippen molar-refractivity contribution in [3.63, 3.8) is 0 Å². The molecule has 5 nitrogen and oxygen atoms in total. The van der Waals surface area contributed by atoms with Gasteiger partial charge in [-0.25, -0.2) is 13.6 Å². The van der Waals surface area contributed by atoms with Gasteiger partial charge in [0.15, 0.2) is 0 Å². The Balaban J connectivity index is 2.95. The number of fused-ring (bicyclic) bond motifs is 1. The lowest BCUT2D eigenvalue weighted by atomic mass is 10.1. The maximum atomic E-state index is 11.1. The first kappa shape index (κ1) is 10.7. The van der Waals surface area contributed by atoms with Crippen molar-refractivity contribution in [1.29, 1.82) is 0 Å². The maximum absolute atomic E-state index is 11.1. The number of hydrogen-bond donors (Lipinski definition) is 3. The molecule has 0 fully saturated rings. The van der Waals surface area contributed by atoms with Gasteiger partial charge in [-0.2, -0.15) is 0 Å². The van der Waals surface area contributed by atoms with Crippen molar-refractivity contribution in [2.24, 2.45) is 5.14 Å². The minimum Gasteiger partial charge on any atom is -0.507 e. The average Bonchev–Trinajstić information content (AvgIpc) is 2.16. The third-order valence-electron chi connectivity index (χ3n) is 2.27. The Morgan fingerprint density at radius 2 is 1.75 bits per heavy atom. The molecule has 2 rings (SSSR count). The first-order chi connectivity index (χ1) is 7.41. The van der Waals surface area contributed by atoms with Gasteiger partial charge in [-0.15, -0.1) is 0 Å². The van der Waals surface area contributed by atoms with E-state index in [9.17, 15) is 18.6 Å². The number of phenolic OH excluding ortho intramolecular Hbond substituents is 2. The van der Waals surface area contributed by atoms with Crippen LogP contribution in [0.5, 0.6) is 11.5 Å². The van der Waals surface area contributed by atoms with Crippen molar-refractivity contribution >= 4 is 20.8 Å². The van der Waals surface area contributed by atoms with Gasteiger partial charge in [0.25, 0.3) is 0 Å². The molecule has 0 aromatic heterocycles. The molecule has 0 bridgehead atoms. The van der Waals surface area contributed by atoms with Crippen LogP contribution in [-0.2, 0) is 10.0 Å². The standard InChI is InChI=1S/C10H9NO4S/c11-16(14,15)8-5-4-6-2-1-3-7(12)9(6)10(8)13/h1-5,12-13H,(H2,11,14,15). The van der Waals surface area contributed by atoms with Crippen molar-refractivity contribution in [2.75, 3.05) is 0 Å². The van der Waals surface area contributed by atoms with Gasteiger partial charge in [0.2, 0.25) is 10.0 Å². The van der Waals surface area contributed by atoms with Crippen molar-refractivity contribution in [3.8, 4) is 11.5 Å². The lowest BCUT2D eigenvalue weighted by Gasteiger charge is -2.07. The number of phenols is 2. The fourth-order valence-electron chi connectivity index (χ4n) is 1.55. The highest BCUT2D eigenvalue weighted by Crippen LogP contribution is 2.36. The highest BCUT2D eigenvalue weighted by molar-refractivity contribution is 7.89. The van der Waals surface area contributed by atoms with Crippen LogP contribution in [0.4, 0.5) is 0 Å². The van der Waals surface area contributed by atoms with Gasteiger partial charge in [0, 0.05) is 0 Å². The third-order valence-corrected chi connectivity index (χ3v) is 3.21. The van der Waals surface area contributed by atoms with Gasteiger partial charge in [-0.1, -0.05) is 18.2 Å². The van der Waals surface area contributed by atoms with Crippen molar-refractivity contribution in [3.05, 3.63) is 30.3 Å². The van der Waals surface area contributed by atoms with Gasteiger partial charge in [0.05, 0.1) is 5.39 Å². The molecule has 2 aromatic rings. The lowest BCUT2D eigenvalue weighted by Crippen LogP contribution is -2.12. The minimum atomic E-state index is -4.00. The Morgan fingerprint density at radius 1 is 1.06 bits per heavy atom. The molecule has 0 atom stereocenters. The van der Waals surface area contributed by atoms with E-state index in [1.165, 1.54) is 18.2 Å². The summed E-state index contributed by atoms with van der Waals surface area (Å²) in [4.78, 5) is -0.401. The SMILES string of the molecule is NS(=O)(=O)c1ccc2cccc(O)c2c1O. The van der Waals surface area contributed by atoms with Crippen LogP contribution >= 0.6 is 0 Å². The maximum Gasteiger partial charge on any atom is 0.241 e. The molecular formula is C10H9NO4S. The van der Waals surface area contributed by atoms with Gasteiger partial charge in [-0.3, -0.25) is 0 Å². The molecule has 0 aliphatic rings. The predicted molar refractivity (Wildman–Crippen MR) is 58.7 cm³/mol. The molecule has 0 spiro atoms. The molecule has 0 aliphatic heterocycles. The first-order valence-corrected chi connectivity index (χ1v) is 5.92. The van der Waals surface area contributed by atoms with E-state index >= 15 is 0 Å². The fraction of sp³-hybridized carbons (Fsp3) is 0. The molecule has 0 saturated heterocycles. The molecule has 2 aromatic carbocycles. The second-order valence-electron chi connectivity index (χ2n) is 3.33. The predicted octanol–water partition coefficient (Wildman–Crippen LogP) is 0.898. The van der Waals surface area contributed by atoms with Crippen molar-refractivity contribution < 1.29 is 18.6 Å². The Hall–Kier alpha value is -1.79. The summed E-state index contributed by atoms with van der Waals surface area (Å²) in [5.41, 5.74) is 0. The minimum absolute atomic E-state index is 0.0778. The summed E-state index contributed by atoms with van der Waals surface area (Å²) in [6, 6.07) is 7.26. The summed E-state index contributed by atoms with van der Waals surface area (Å²) in [5.74, 6) is -0.724. The second-order valence-corrected chi connectivity index (χ2v) is 4.86. The Labute approximate surface area is 91.8 Å². The molecule has 0 saturated carbocycles. The zero-order chi connectivity index (χ0) is 11.9. The van der Waals surface area contributed by atoms with Crippen LogP contribution in [-0.4, -0.2) is 18.6 Å². The van der Waals surface area contributed by atoms with E-state index < -0.39 is 20.7 Å². The van der Waals surface area contributed by atoms with Crippen LogP contribution < -0.4 is 5.14 Å². The van der Waals surface area contributed by atoms with E-state index in [0.29, 0.717) is 5.39 Å². The van der Waals surface area contributed by atoms with Gasteiger partial charge in [0.1, 0.15) is 16.4 Å². The zero-order valence-corrected chi connectivity index (χ0v) is 8.90. The highest BCUT2D eigenvalue weighted by atomic mass is 32.2. The largest absolute Gasteiger partial charge is 0.507 e. The highest BCUT2D eigenvalue weighted by Gasteiger charge is 2.17. The molecule has 0 radical (unpaired) electrons. The molecule has 0 unspecified atom stereocenters. The number of nitrogens with two attached hydrogens (primary N) is 1. The summed E-state index contributed by atoms with van der Waals surface area (Å²) in [5, 5.41) is 24.8. The smallest absolute Gasteiger partial charge is 0.241 e. The fourth-order valence-corrected chi connectivity index (χ4v) is 2.18. The van der Waals surface area contributed by atoms with E-state index in [4.69, 9.17) is 5.14 Å². The van der Waals surface area contributed by atoms with E-state index in [1.54, 1.807) is 12.1 Å². The molecular weight excluding hydrogens is 230 g/mol. The number of sulfonamides is 1. The summed E-state index contributed by atoms with van der Waals surface area (Å²) < 4.78 is 22.3. The average molecular weight is 239 g/mol. The molecule has 84 valence electrons. The van der Waals surface area contributed by atoms with Crippen LogP contribution in [0, 0.1) is 0 Å². The molecule has 0 amide bonds. The van der Waals surface area contributed by atoms with Crippen molar-refractivity contribution in [1.82, 2.24) is 0 Å². The second kappa shape index (κ2) is 3.36. The number of rotatable bonds is 1. The summed E-state index contributed by atoms with van der Waals surface area (Å²) in [6.07, 6.45) is 0. The van der Waals surface area contributed by atoms with Crippen LogP contribution in [0.2, 0.25) is 0 Å². The van der Waals surface area contributed by atoms with Crippen LogP contribution in [0.15, 0.2) is 35.2 Å². The third kappa shape index (κ3) is 1.58. The summed E-state index contributed by atoms with van der Waals surface area (Å²) in [7, 11) is -4.00. The first-order valence-electron chi connectivity index (χ1n) is 4.38. The normalized spacial score (nSPS) is 11.8. The zero-order valence-electron chi connectivity index (χ0n) is 8.08. The molecule has 6 heteroatoms. The van der Waals surface area contributed by atoms with E-state index in [2.05, 4.69) is 0 Å². The number of primary sulfonamides is 1. The van der Waals surface area contributed by atoms with Gasteiger partial charge >= 0.3 is 0 Å². The van der Waals surface area contributed by atoms with E-state index in [1.807, 2.05) is 0 Å². The molecule has 16 heavy (non-hydrogen) atoms. The van der Waals surface area contributed by atoms with Crippen molar-refractivity contribution in [2.45, 2.75) is 4.90 Å². The van der Waals surface area contributed by atoms with Crippen LogP contribution in [0.3, 0.4) is 0 Å². The van der Waals surface area contributed by atoms with E-state index in [0.717, 1.165) is 0 Å². The number of aromatic hydroxyl groups is 2. The van der Waals surface area contributed by atoms with Gasteiger partial charge in [-0.05, 0) is 17.5 Å². The lowest BCUT2D eigenvalue weighted by molar-refractivity contribution is 0.454. The Morgan fingerprint density at radius 3 is 2.38 bits per heavy atom.